The van der Waals surface area contributed by atoms with Crippen molar-refractivity contribution in [3.8, 4) is 0 Å². The highest BCUT2D eigenvalue weighted by Crippen LogP contribution is 2.26. The molecule has 0 bridgehead atoms. The highest BCUT2D eigenvalue weighted by Gasteiger charge is 2.13. The molecule has 0 aliphatic heterocycles. The maximum Gasteiger partial charge on any atom is 0.124 e. The first kappa shape index (κ1) is 12.5. The summed E-state index contributed by atoms with van der Waals surface area (Å²) >= 11 is 2.03. The van der Waals surface area contributed by atoms with Crippen LogP contribution in [0.5, 0.6) is 0 Å². The van der Waals surface area contributed by atoms with Crippen molar-refractivity contribution >= 4 is 22.6 Å². The summed E-state index contributed by atoms with van der Waals surface area (Å²) in [5, 5.41) is 10.2. The van der Waals surface area contributed by atoms with Gasteiger partial charge in [0.15, 0.2) is 0 Å². The molecule has 1 nitrogen and oxygen atoms in total. The minimum Gasteiger partial charge on any atom is -0.384 e. The van der Waals surface area contributed by atoms with Crippen molar-refractivity contribution in [1.82, 2.24) is 0 Å². The first-order chi connectivity index (χ1) is 8.08. The van der Waals surface area contributed by atoms with Crippen molar-refractivity contribution < 1.29 is 9.50 Å². The van der Waals surface area contributed by atoms with Gasteiger partial charge in [-0.05, 0) is 52.8 Å². The Morgan fingerprint density at radius 2 is 1.76 bits per heavy atom. The van der Waals surface area contributed by atoms with Crippen LogP contribution in [0.3, 0.4) is 0 Å². The van der Waals surface area contributed by atoms with Gasteiger partial charge in [0.2, 0.25) is 0 Å². The van der Waals surface area contributed by atoms with Crippen molar-refractivity contribution in [1.29, 1.82) is 0 Å². The maximum atomic E-state index is 13.0. The van der Waals surface area contributed by atoms with E-state index >= 15 is 0 Å². The van der Waals surface area contributed by atoms with Crippen LogP contribution in [0.1, 0.15) is 22.8 Å². The molecule has 2 aromatic carbocycles. The van der Waals surface area contributed by atoms with Crippen LogP contribution in [0.4, 0.5) is 4.39 Å². The van der Waals surface area contributed by atoms with Gasteiger partial charge in [0, 0.05) is 3.57 Å². The molecule has 2 aromatic rings. The van der Waals surface area contributed by atoms with Crippen LogP contribution in [0.15, 0.2) is 42.5 Å². The second-order valence-electron chi connectivity index (χ2n) is 3.98. The van der Waals surface area contributed by atoms with Gasteiger partial charge in [-0.2, -0.15) is 0 Å². The molecule has 0 aliphatic rings. The third-order valence-corrected chi connectivity index (χ3v) is 3.58. The van der Waals surface area contributed by atoms with E-state index < -0.39 is 6.10 Å². The Balaban J connectivity index is 2.36. The topological polar surface area (TPSA) is 20.2 Å². The average Bonchev–Trinajstić information content (AvgIpc) is 2.29. The zero-order chi connectivity index (χ0) is 12.4. The molecular formula is C14H12FIO. The fraction of sp³-hybridized carbons (Fsp3) is 0.143. The summed E-state index contributed by atoms with van der Waals surface area (Å²) in [5.41, 5.74) is 2.70. The molecule has 1 atom stereocenters. The Hall–Kier alpha value is -0.940. The number of hydrogen-bond acceptors (Lipinski definition) is 1. The van der Waals surface area contributed by atoms with E-state index in [1.165, 1.54) is 12.1 Å². The third-order valence-electron chi connectivity index (χ3n) is 2.65. The van der Waals surface area contributed by atoms with Crippen LogP contribution < -0.4 is 0 Å². The summed E-state index contributed by atoms with van der Waals surface area (Å²) in [6.07, 6.45) is -0.705. The Bertz CT molecular complexity index is 522. The largest absolute Gasteiger partial charge is 0.384 e. The van der Waals surface area contributed by atoms with E-state index in [2.05, 4.69) is 0 Å². The number of hydrogen-bond donors (Lipinski definition) is 1. The number of aryl methyl sites for hydroxylation is 1. The average molecular weight is 342 g/mol. The Labute approximate surface area is 113 Å². The maximum absolute atomic E-state index is 13.0. The lowest BCUT2D eigenvalue weighted by atomic mass is 10.0. The zero-order valence-electron chi connectivity index (χ0n) is 9.32. The van der Waals surface area contributed by atoms with E-state index in [4.69, 9.17) is 0 Å². The van der Waals surface area contributed by atoms with Crippen molar-refractivity contribution in [3.63, 3.8) is 0 Å². The number of benzene rings is 2. The van der Waals surface area contributed by atoms with E-state index in [9.17, 15) is 9.50 Å². The predicted octanol–water partition coefficient (Wildman–Crippen LogP) is 3.82. The molecule has 88 valence electrons. The second kappa shape index (κ2) is 5.14. The van der Waals surface area contributed by atoms with Crippen LogP contribution in [0, 0.1) is 16.3 Å². The first-order valence-electron chi connectivity index (χ1n) is 5.27. The van der Waals surface area contributed by atoms with Crippen LogP contribution in [-0.2, 0) is 0 Å². The van der Waals surface area contributed by atoms with Crippen LogP contribution in [-0.4, -0.2) is 5.11 Å². The van der Waals surface area contributed by atoms with Crippen molar-refractivity contribution in [2.75, 3.05) is 0 Å². The summed E-state index contributed by atoms with van der Waals surface area (Å²) in [6, 6.07) is 12.1. The quantitative estimate of drug-likeness (QED) is 0.823. The minimum absolute atomic E-state index is 0.283. The predicted molar refractivity (Wildman–Crippen MR) is 74.4 cm³/mol. The molecule has 1 N–H and O–H groups in total. The summed E-state index contributed by atoms with van der Waals surface area (Å²) < 4.78 is 13.7. The lowest BCUT2D eigenvalue weighted by molar-refractivity contribution is 0.219. The molecule has 0 aliphatic carbocycles. The standard InChI is InChI=1S/C14H12FIO/c1-9-2-4-10(5-3-9)14(17)12-7-6-11(15)8-13(12)16/h2-8,14,17H,1H3. The summed E-state index contributed by atoms with van der Waals surface area (Å²) in [7, 11) is 0. The van der Waals surface area contributed by atoms with Crippen LogP contribution in [0.25, 0.3) is 0 Å². The van der Waals surface area contributed by atoms with Gasteiger partial charge in [-0.3, -0.25) is 0 Å². The lowest BCUT2D eigenvalue weighted by Gasteiger charge is -2.13. The van der Waals surface area contributed by atoms with Gasteiger partial charge in [0.25, 0.3) is 0 Å². The van der Waals surface area contributed by atoms with Gasteiger partial charge in [0.1, 0.15) is 11.9 Å². The van der Waals surface area contributed by atoms with E-state index in [1.807, 2.05) is 53.8 Å². The lowest BCUT2D eigenvalue weighted by Crippen LogP contribution is -2.02. The molecule has 0 amide bonds. The second-order valence-corrected chi connectivity index (χ2v) is 5.14. The van der Waals surface area contributed by atoms with E-state index in [1.54, 1.807) is 6.07 Å². The van der Waals surface area contributed by atoms with Gasteiger partial charge in [0.05, 0.1) is 0 Å². The van der Waals surface area contributed by atoms with Gasteiger partial charge < -0.3 is 5.11 Å². The van der Waals surface area contributed by atoms with Gasteiger partial charge >= 0.3 is 0 Å². The molecule has 0 radical (unpaired) electrons. The smallest absolute Gasteiger partial charge is 0.124 e. The highest BCUT2D eigenvalue weighted by molar-refractivity contribution is 14.1. The van der Waals surface area contributed by atoms with E-state index in [-0.39, 0.29) is 5.82 Å². The van der Waals surface area contributed by atoms with Crippen molar-refractivity contribution in [2.24, 2.45) is 0 Å². The van der Waals surface area contributed by atoms with Crippen LogP contribution >= 0.6 is 22.6 Å². The molecule has 17 heavy (non-hydrogen) atoms. The fourth-order valence-electron chi connectivity index (χ4n) is 1.65. The molecule has 0 saturated heterocycles. The highest BCUT2D eigenvalue weighted by atomic mass is 127. The first-order valence-corrected chi connectivity index (χ1v) is 6.35. The number of aliphatic hydroxyl groups excluding tert-OH is 1. The Morgan fingerprint density at radius 3 is 2.35 bits per heavy atom. The molecular weight excluding hydrogens is 330 g/mol. The Kier molecular flexibility index (Phi) is 3.79. The van der Waals surface area contributed by atoms with Gasteiger partial charge in [-0.15, -0.1) is 0 Å². The molecule has 1 unspecified atom stereocenters. The van der Waals surface area contributed by atoms with Crippen molar-refractivity contribution in [2.45, 2.75) is 13.0 Å². The van der Waals surface area contributed by atoms with Gasteiger partial charge in [-0.25, -0.2) is 4.39 Å². The minimum atomic E-state index is -0.705. The summed E-state index contributed by atoms with van der Waals surface area (Å²) in [6.45, 7) is 2.00. The van der Waals surface area contributed by atoms with E-state index in [0.717, 1.165) is 20.3 Å². The molecule has 0 spiro atoms. The van der Waals surface area contributed by atoms with E-state index in [0.29, 0.717) is 0 Å². The van der Waals surface area contributed by atoms with Crippen molar-refractivity contribution in [3.05, 3.63) is 68.5 Å². The third kappa shape index (κ3) is 2.84. The molecule has 3 heteroatoms. The summed E-state index contributed by atoms with van der Waals surface area (Å²) in [5.74, 6) is -0.283. The van der Waals surface area contributed by atoms with Crippen LogP contribution in [0.2, 0.25) is 0 Å². The molecule has 0 saturated carbocycles. The number of halogens is 2. The SMILES string of the molecule is Cc1ccc(C(O)c2ccc(F)cc2I)cc1. The Morgan fingerprint density at radius 1 is 1.12 bits per heavy atom. The molecule has 2 rings (SSSR count). The normalized spacial score (nSPS) is 12.5. The van der Waals surface area contributed by atoms with Gasteiger partial charge in [-0.1, -0.05) is 35.9 Å². The summed E-state index contributed by atoms with van der Waals surface area (Å²) in [4.78, 5) is 0. The molecule has 0 aromatic heterocycles. The fourth-order valence-corrected chi connectivity index (χ4v) is 2.42. The number of rotatable bonds is 2. The number of aliphatic hydroxyl groups is 1. The molecule has 0 fully saturated rings. The molecule has 0 heterocycles. The monoisotopic (exact) mass is 342 g/mol. The zero-order valence-corrected chi connectivity index (χ0v) is 11.5.